The van der Waals surface area contributed by atoms with Crippen molar-refractivity contribution in [3.8, 4) is 5.75 Å². The number of fused-ring (bicyclic) bond motifs is 1. The van der Waals surface area contributed by atoms with E-state index in [0.29, 0.717) is 15.8 Å². The molecular formula is C21H16Cl2N2O3. The van der Waals surface area contributed by atoms with Gasteiger partial charge >= 0.3 is 0 Å². The lowest BCUT2D eigenvalue weighted by Gasteiger charge is -2.09. The van der Waals surface area contributed by atoms with Crippen LogP contribution in [0.2, 0.25) is 10.0 Å². The molecule has 0 saturated heterocycles. The predicted octanol–water partition coefficient (Wildman–Crippen LogP) is 4.39. The van der Waals surface area contributed by atoms with E-state index >= 15 is 0 Å². The third kappa shape index (κ3) is 5.25. The number of carbonyl (C=O) groups excluding carboxylic acids is 2. The minimum atomic E-state index is -0.530. The molecule has 0 bridgehead atoms. The smallest absolute Gasteiger partial charge is 0.276 e. The molecule has 142 valence electrons. The second kappa shape index (κ2) is 9.26. The second-order valence-corrected chi connectivity index (χ2v) is 6.65. The van der Waals surface area contributed by atoms with Gasteiger partial charge in [-0.1, -0.05) is 65.7 Å². The van der Waals surface area contributed by atoms with Crippen molar-refractivity contribution in [1.82, 2.24) is 10.9 Å². The van der Waals surface area contributed by atoms with Crippen LogP contribution in [0.5, 0.6) is 5.75 Å². The third-order valence-corrected chi connectivity index (χ3v) is 4.35. The molecule has 3 rings (SSSR count). The Balaban J connectivity index is 1.51. The number of carbonyl (C=O) groups is 2. The van der Waals surface area contributed by atoms with E-state index in [-0.39, 0.29) is 6.61 Å². The number of rotatable bonds is 5. The van der Waals surface area contributed by atoms with Gasteiger partial charge in [-0.2, -0.15) is 0 Å². The molecule has 0 aliphatic carbocycles. The fourth-order valence-electron chi connectivity index (χ4n) is 2.51. The number of amides is 2. The molecule has 0 heterocycles. The van der Waals surface area contributed by atoms with Gasteiger partial charge < -0.3 is 4.74 Å². The number of ether oxygens (including phenoxy) is 1. The molecule has 0 saturated carbocycles. The molecule has 2 amide bonds. The SMILES string of the molecule is O=C(/C=C/c1cccc2ccccc12)NNC(=O)COc1ccc(Cl)cc1Cl. The van der Waals surface area contributed by atoms with Crippen LogP contribution in [0.1, 0.15) is 5.56 Å². The van der Waals surface area contributed by atoms with Crippen molar-refractivity contribution in [3.63, 3.8) is 0 Å². The van der Waals surface area contributed by atoms with Crippen molar-refractivity contribution in [1.29, 1.82) is 0 Å². The topological polar surface area (TPSA) is 67.4 Å². The summed E-state index contributed by atoms with van der Waals surface area (Å²) in [5.41, 5.74) is 5.48. The van der Waals surface area contributed by atoms with Crippen molar-refractivity contribution < 1.29 is 14.3 Å². The first-order valence-electron chi connectivity index (χ1n) is 8.35. The number of hydrogen-bond acceptors (Lipinski definition) is 3. The van der Waals surface area contributed by atoms with Crippen LogP contribution in [0.15, 0.2) is 66.7 Å². The van der Waals surface area contributed by atoms with E-state index in [1.807, 2.05) is 42.5 Å². The summed E-state index contributed by atoms with van der Waals surface area (Å²) >= 11 is 11.8. The number of nitrogens with one attached hydrogen (secondary N) is 2. The summed E-state index contributed by atoms with van der Waals surface area (Å²) in [5.74, 6) is -0.674. The Hall–Kier alpha value is -3.02. The van der Waals surface area contributed by atoms with E-state index in [1.54, 1.807) is 18.2 Å². The lowest BCUT2D eigenvalue weighted by molar-refractivity contribution is -0.128. The molecule has 0 fully saturated rings. The monoisotopic (exact) mass is 414 g/mol. The van der Waals surface area contributed by atoms with E-state index in [4.69, 9.17) is 27.9 Å². The lowest BCUT2D eigenvalue weighted by atomic mass is 10.0. The Labute approximate surface area is 171 Å². The van der Waals surface area contributed by atoms with Crippen LogP contribution in [0.25, 0.3) is 16.8 Å². The Kier molecular flexibility index (Phi) is 6.53. The van der Waals surface area contributed by atoms with E-state index in [2.05, 4.69) is 10.9 Å². The molecule has 0 aromatic heterocycles. The summed E-state index contributed by atoms with van der Waals surface area (Å²) in [5, 5.41) is 2.87. The highest BCUT2D eigenvalue weighted by Crippen LogP contribution is 2.27. The molecule has 0 atom stereocenters. The maximum atomic E-state index is 11.9. The maximum absolute atomic E-state index is 11.9. The average molecular weight is 415 g/mol. The highest BCUT2D eigenvalue weighted by Gasteiger charge is 2.07. The number of halogens is 2. The molecule has 0 radical (unpaired) electrons. The zero-order chi connectivity index (χ0) is 19.9. The summed E-state index contributed by atoms with van der Waals surface area (Å²) in [7, 11) is 0. The maximum Gasteiger partial charge on any atom is 0.276 e. The van der Waals surface area contributed by atoms with Gasteiger partial charge in [-0.25, -0.2) is 0 Å². The average Bonchev–Trinajstić information content (AvgIpc) is 2.70. The van der Waals surface area contributed by atoms with Crippen LogP contribution in [0, 0.1) is 0 Å². The fourth-order valence-corrected chi connectivity index (χ4v) is 2.97. The number of hydrazine groups is 1. The molecule has 3 aromatic carbocycles. The zero-order valence-corrected chi connectivity index (χ0v) is 16.1. The van der Waals surface area contributed by atoms with Gasteiger partial charge in [0.25, 0.3) is 11.8 Å². The summed E-state index contributed by atoms with van der Waals surface area (Å²) in [6.45, 7) is -0.311. The molecular weight excluding hydrogens is 399 g/mol. The van der Waals surface area contributed by atoms with Crippen LogP contribution < -0.4 is 15.6 Å². The molecule has 7 heteroatoms. The summed E-state index contributed by atoms with van der Waals surface area (Å²) in [4.78, 5) is 23.7. The van der Waals surface area contributed by atoms with Crippen LogP contribution in [0.4, 0.5) is 0 Å². The standard InChI is InChI=1S/C21H16Cl2N2O3/c22-16-9-10-19(18(23)12-16)28-13-21(27)25-24-20(26)11-8-15-6-3-5-14-4-1-2-7-17(14)15/h1-12H,13H2,(H,24,26)(H,25,27)/b11-8+. The van der Waals surface area contributed by atoms with Crippen molar-refractivity contribution in [2.75, 3.05) is 6.61 Å². The van der Waals surface area contributed by atoms with E-state index in [1.165, 1.54) is 12.1 Å². The summed E-state index contributed by atoms with van der Waals surface area (Å²) in [6.07, 6.45) is 3.03. The molecule has 0 spiro atoms. The van der Waals surface area contributed by atoms with Gasteiger partial charge in [0.15, 0.2) is 6.61 Å². The van der Waals surface area contributed by atoms with Crippen molar-refractivity contribution in [3.05, 3.63) is 82.3 Å². The Morgan fingerprint density at radius 1 is 0.964 bits per heavy atom. The summed E-state index contributed by atoms with van der Waals surface area (Å²) in [6, 6.07) is 18.4. The van der Waals surface area contributed by atoms with Crippen molar-refractivity contribution in [2.45, 2.75) is 0 Å². The van der Waals surface area contributed by atoms with E-state index in [9.17, 15) is 9.59 Å². The second-order valence-electron chi connectivity index (χ2n) is 5.80. The normalized spacial score (nSPS) is 10.8. The van der Waals surface area contributed by atoms with Gasteiger partial charge in [-0.05, 0) is 40.6 Å². The molecule has 5 nitrogen and oxygen atoms in total. The minimum Gasteiger partial charge on any atom is -0.482 e. The largest absolute Gasteiger partial charge is 0.482 e. The molecule has 2 N–H and O–H groups in total. The Morgan fingerprint density at radius 2 is 1.75 bits per heavy atom. The predicted molar refractivity (Wildman–Crippen MR) is 111 cm³/mol. The minimum absolute atomic E-state index is 0.294. The highest BCUT2D eigenvalue weighted by molar-refractivity contribution is 6.35. The molecule has 0 aliphatic rings. The van der Waals surface area contributed by atoms with E-state index in [0.717, 1.165) is 16.3 Å². The lowest BCUT2D eigenvalue weighted by Crippen LogP contribution is -2.43. The van der Waals surface area contributed by atoms with Crippen LogP contribution in [-0.2, 0) is 9.59 Å². The summed E-state index contributed by atoms with van der Waals surface area (Å²) < 4.78 is 5.29. The third-order valence-electron chi connectivity index (χ3n) is 3.82. The van der Waals surface area contributed by atoms with Gasteiger partial charge in [-0.3, -0.25) is 20.4 Å². The molecule has 0 aliphatic heterocycles. The molecule has 0 unspecified atom stereocenters. The van der Waals surface area contributed by atoms with E-state index < -0.39 is 11.8 Å². The first-order valence-corrected chi connectivity index (χ1v) is 9.11. The molecule has 28 heavy (non-hydrogen) atoms. The fraction of sp³-hybridized carbons (Fsp3) is 0.0476. The Bertz CT molecular complexity index is 1050. The quantitative estimate of drug-likeness (QED) is 0.480. The van der Waals surface area contributed by atoms with Gasteiger partial charge in [0, 0.05) is 11.1 Å². The highest BCUT2D eigenvalue weighted by atomic mass is 35.5. The van der Waals surface area contributed by atoms with Gasteiger partial charge in [0.1, 0.15) is 5.75 Å². The van der Waals surface area contributed by atoms with Crippen molar-refractivity contribution in [2.24, 2.45) is 0 Å². The first kappa shape index (κ1) is 19.7. The number of benzene rings is 3. The van der Waals surface area contributed by atoms with Gasteiger partial charge in [-0.15, -0.1) is 0 Å². The van der Waals surface area contributed by atoms with Gasteiger partial charge in [0.05, 0.1) is 5.02 Å². The van der Waals surface area contributed by atoms with Crippen LogP contribution in [0.3, 0.4) is 0 Å². The van der Waals surface area contributed by atoms with Crippen molar-refractivity contribution >= 4 is 51.9 Å². The van der Waals surface area contributed by atoms with Crippen LogP contribution in [-0.4, -0.2) is 18.4 Å². The Morgan fingerprint density at radius 3 is 2.57 bits per heavy atom. The van der Waals surface area contributed by atoms with Gasteiger partial charge in [0.2, 0.25) is 0 Å². The first-order chi connectivity index (χ1) is 13.5. The van der Waals surface area contributed by atoms with Crippen LogP contribution >= 0.6 is 23.2 Å². The zero-order valence-electron chi connectivity index (χ0n) is 14.6. The molecule has 3 aromatic rings. The number of hydrogen-bond donors (Lipinski definition) is 2.